The molecule has 4 heteroatoms. The van der Waals surface area contributed by atoms with E-state index >= 15 is 0 Å². The second-order valence-electron chi connectivity index (χ2n) is 6.98. The average molecular weight is 390 g/mol. The predicted octanol–water partition coefficient (Wildman–Crippen LogP) is 6.30. The Balaban J connectivity index is 1.85. The molecule has 0 aliphatic carbocycles. The van der Waals surface area contributed by atoms with Crippen molar-refractivity contribution in [2.24, 2.45) is 0 Å². The Hall–Kier alpha value is -2.70. The van der Waals surface area contributed by atoms with Gasteiger partial charge in [0.05, 0.1) is 11.6 Å². The van der Waals surface area contributed by atoms with Crippen LogP contribution in [-0.4, -0.2) is 9.97 Å². The molecule has 1 aromatic heterocycles. The molecule has 0 aliphatic heterocycles. The average Bonchev–Trinajstić information content (AvgIpc) is 2.71. The van der Waals surface area contributed by atoms with Gasteiger partial charge in [0, 0.05) is 17.7 Å². The van der Waals surface area contributed by atoms with Gasteiger partial charge in [-0.15, -0.1) is 0 Å². The van der Waals surface area contributed by atoms with Crippen molar-refractivity contribution in [3.8, 4) is 17.2 Å². The lowest BCUT2D eigenvalue weighted by atomic mass is 9.97. The zero-order chi connectivity index (χ0) is 19.9. The number of hydrogen-bond donors (Lipinski definition) is 0. The van der Waals surface area contributed by atoms with Gasteiger partial charge in [-0.3, -0.25) is 0 Å². The van der Waals surface area contributed by atoms with Crippen LogP contribution in [0.3, 0.4) is 0 Å². The second kappa shape index (κ2) is 9.48. The SMILES string of the molecule is CCCCCc1nc(C)nc(Cl)c1Cc1ccc(-c2ccccc2C#N)cc1. The molecule has 0 saturated heterocycles. The van der Waals surface area contributed by atoms with Crippen LogP contribution in [-0.2, 0) is 12.8 Å². The van der Waals surface area contributed by atoms with Crippen LogP contribution in [0.1, 0.15) is 54.4 Å². The van der Waals surface area contributed by atoms with Gasteiger partial charge < -0.3 is 0 Å². The number of benzene rings is 2. The summed E-state index contributed by atoms with van der Waals surface area (Å²) in [4.78, 5) is 9.02. The first kappa shape index (κ1) is 20.0. The molecule has 142 valence electrons. The lowest BCUT2D eigenvalue weighted by molar-refractivity contribution is 0.698. The summed E-state index contributed by atoms with van der Waals surface area (Å²) in [5, 5.41) is 9.88. The molecule has 3 aromatic rings. The highest BCUT2D eigenvalue weighted by Crippen LogP contribution is 2.26. The monoisotopic (exact) mass is 389 g/mol. The Morgan fingerprint density at radius 3 is 2.46 bits per heavy atom. The first-order valence-electron chi connectivity index (χ1n) is 9.72. The van der Waals surface area contributed by atoms with E-state index in [0.717, 1.165) is 46.6 Å². The molecule has 3 rings (SSSR count). The van der Waals surface area contributed by atoms with Gasteiger partial charge in [0.15, 0.2) is 0 Å². The van der Waals surface area contributed by atoms with Gasteiger partial charge in [-0.25, -0.2) is 9.97 Å². The molecule has 3 nitrogen and oxygen atoms in total. The molecule has 0 amide bonds. The van der Waals surface area contributed by atoms with Crippen molar-refractivity contribution in [2.45, 2.75) is 46.0 Å². The van der Waals surface area contributed by atoms with E-state index in [1.54, 1.807) is 0 Å². The van der Waals surface area contributed by atoms with E-state index in [4.69, 9.17) is 11.6 Å². The maximum Gasteiger partial charge on any atom is 0.136 e. The fourth-order valence-electron chi connectivity index (χ4n) is 3.38. The highest BCUT2D eigenvalue weighted by atomic mass is 35.5. The lowest BCUT2D eigenvalue weighted by Crippen LogP contribution is -2.05. The predicted molar refractivity (Wildman–Crippen MR) is 114 cm³/mol. The number of hydrogen-bond acceptors (Lipinski definition) is 3. The Labute approximate surface area is 172 Å². The fraction of sp³-hybridized carbons (Fsp3) is 0.292. The molecule has 0 radical (unpaired) electrons. The maximum atomic E-state index is 9.32. The summed E-state index contributed by atoms with van der Waals surface area (Å²) in [6.07, 6.45) is 5.12. The van der Waals surface area contributed by atoms with Crippen LogP contribution in [0.2, 0.25) is 5.15 Å². The van der Waals surface area contributed by atoms with Crippen LogP contribution in [0, 0.1) is 18.3 Å². The summed E-state index contributed by atoms with van der Waals surface area (Å²) in [7, 11) is 0. The van der Waals surface area contributed by atoms with E-state index in [9.17, 15) is 5.26 Å². The minimum Gasteiger partial charge on any atom is -0.238 e. The lowest BCUT2D eigenvalue weighted by Gasteiger charge is -2.12. The van der Waals surface area contributed by atoms with Gasteiger partial charge in [0.2, 0.25) is 0 Å². The quantitative estimate of drug-likeness (QED) is 0.352. The fourth-order valence-corrected chi connectivity index (χ4v) is 3.68. The van der Waals surface area contributed by atoms with E-state index < -0.39 is 0 Å². The van der Waals surface area contributed by atoms with Crippen LogP contribution < -0.4 is 0 Å². The highest BCUT2D eigenvalue weighted by Gasteiger charge is 2.13. The molecule has 1 heterocycles. The third-order valence-electron chi connectivity index (χ3n) is 4.86. The molecule has 0 saturated carbocycles. The summed E-state index contributed by atoms with van der Waals surface area (Å²) < 4.78 is 0. The zero-order valence-electron chi connectivity index (χ0n) is 16.4. The van der Waals surface area contributed by atoms with Crippen molar-refractivity contribution in [2.75, 3.05) is 0 Å². The largest absolute Gasteiger partial charge is 0.238 e. The van der Waals surface area contributed by atoms with Gasteiger partial charge in [-0.05, 0) is 42.5 Å². The Morgan fingerprint density at radius 2 is 1.75 bits per heavy atom. The van der Waals surface area contributed by atoms with Crippen molar-refractivity contribution in [1.29, 1.82) is 5.26 Å². The van der Waals surface area contributed by atoms with E-state index in [2.05, 4.69) is 47.2 Å². The topological polar surface area (TPSA) is 49.6 Å². The van der Waals surface area contributed by atoms with E-state index in [-0.39, 0.29) is 0 Å². The molecule has 0 N–H and O–H groups in total. The van der Waals surface area contributed by atoms with Crippen LogP contribution in [0.25, 0.3) is 11.1 Å². The van der Waals surface area contributed by atoms with E-state index in [1.807, 2.05) is 31.2 Å². The summed E-state index contributed by atoms with van der Waals surface area (Å²) in [6.45, 7) is 4.09. The molecule has 0 bridgehead atoms. The standard InChI is InChI=1S/C24H24ClN3/c1-3-4-5-10-23-22(24(25)28-17(2)27-23)15-18-11-13-19(14-12-18)21-9-7-6-8-20(21)16-26/h6-9,11-14H,3-5,10,15H2,1-2H3. The van der Waals surface area contributed by atoms with Crippen LogP contribution >= 0.6 is 11.6 Å². The number of unbranched alkanes of at least 4 members (excludes halogenated alkanes) is 2. The number of nitriles is 1. The molecule has 2 aromatic carbocycles. The van der Waals surface area contributed by atoms with Crippen LogP contribution in [0.4, 0.5) is 0 Å². The molecule has 0 aliphatic rings. The minimum absolute atomic E-state index is 0.554. The van der Waals surface area contributed by atoms with Gasteiger partial charge in [0.1, 0.15) is 11.0 Å². The molecule has 0 atom stereocenters. The third kappa shape index (κ3) is 4.77. The molecule has 0 fully saturated rings. The van der Waals surface area contributed by atoms with Gasteiger partial charge >= 0.3 is 0 Å². The van der Waals surface area contributed by atoms with Crippen molar-refractivity contribution in [3.05, 3.63) is 81.9 Å². The van der Waals surface area contributed by atoms with Gasteiger partial charge in [-0.1, -0.05) is 73.8 Å². The Bertz CT molecular complexity index is 988. The molecule has 28 heavy (non-hydrogen) atoms. The summed E-state index contributed by atoms with van der Waals surface area (Å²) in [5.41, 5.74) is 5.91. The number of halogens is 1. The third-order valence-corrected chi connectivity index (χ3v) is 5.18. The van der Waals surface area contributed by atoms with Crippen molar-refractivity contribution >= 4 is 11.6 Å². The van der Waals surface area contributed by atoms with Crippen molar-refractivity contribution in [1.82, 2.24) is 9.97 Å². The van der Waals surface area contributed by atoms with Crippen LogP contribution in [0.5, 0.6) is 0 Å². The van der Waals surface area contributed by atoms with Gasteiger partial charge in [-0.2, -0.15) is 5.26 Å². The second-order valence-corrected chi connectivity index (χ2v) is 7.33. The Kier molecular flexibility index (Phi) is 6.79. The smallest absolute Gasteiger partial charge is 0.136 e. The number of nitrogens with zero attached hydrogens (tertiary/aromatic N) is 3. The van der Waals surface area contributed by atoms with Crippen LogP contribution in [0.15, 0.2) is 48.5 Å². The Morgan fingerprint density at radius 1 is 1.00 bits per heavy atom. The number of aromatic nitrogens is 2. The summed E-state index contributed by atoms with van der Waals surface area (Å²) in [6, 6.07) is 18.2. The van der Waals surface area contributed by atoms with Crippen molar-refractivity contribution in [3.63, 3.8) is 0 Å². The molecule has 0 unspecified atom stereocenters. The first-order chi connectivity index (χ1) is 13.6. The van der Waals surface area contributed by atoms with Crippen molar-refractivity contribution < 1.29 is 0 Å². The number of rotatable bonds is 7. The highest BCUT2D eigenvalue weighted by molar-refractivity contribution is 6.30. The summed E-state index contributed by atoms with van der Waals surface area (Å²) in [5.74, 6) is 0.726. The number of aryl methyl sites for hydroxylation is 2. The molecular weight excluding hydrogens is 366 g/mol. The maximum absolute atomic E-state index is 9.32. The normalized spacial score (nSPS) is 10.6. The zero-order valence-corrected chi connectivity index (χ0v) is 17.1. The van der Waals surface area contributed by atoms with E-state index in [1.165, 1.54) is 12.8 Å². The van der Waals surface area contributed by atoms with E-state index in [0.29, 0.717) is 17.1 Å². The molecular formula is C24H24ClN3. The van der Waals surface area contributed by atoms with Gasteiger partial charge in [0.25, 0.3) is 0 Å². The summed E-state index contributed by atoms with van der Waals surface area (Å²) >= 11 is 6.48. The molecule has 0 spiro atoms. The first-order valence-corrected chi connectivity index (χ1v) is 10.1. The minimum atomic E-state index is 0.554.